The Morgan fingerprint density at radius 1 is 1.00 bits per heavy atom. The van der Waals surface area contributed by atoms with Crippen LogP contribution in [0, 0.1) is 17.0 Å². The molecule has 0 saturated carbocycles. The van der Waals surface area contributed by atoms with Crippen molar-refractivity contribution in [1.82, 2.24) is 20.1 Å². The third-order valence-corrected chi connectivity index (χ3v) is 6.65. The lowest BCUT2D eigenvalue weighted by Gasteiger charge is -2.12. The van der Waals surface area contributed by atoms with Crippen LogP contribution in [-0.2, 0) is 16.1 Å². The number of hydrogen-bond acceptors (Lipinski definition) is 9. The van der Waals surface area contributed by atoms with Crippen molar-refractivity contribution in [2.75, 3.05) is 17.7 Å². The van der Waals surface area contributed by atoms with Gasteiger partial charge in [-0.25, -0.2) is 4.79 Å². The van der Waals surface area contributed by atoms with E-state index in [-0.39, 0.29) is 36.1 Å². The van der Waals surface area contributed by atoms with Crippen LogP contribution in [0.15, 0.2) is 78.0 Å². The highest BCUT2D eigenvalue weighted by Gasteiger charge is 2.18. The van der Waals surface area contributed by atoms with Gasteiger partial charge in [-0.3, -0.25) is 24.3 Å². The van der Waals surface area contributed by atoms with Crippen molar-refractivity contribution in [3.63, 3.8) is 0 Å². The van der Waals surface area contributed by atoms with Gasteiger partial charge in [0, 0.05) is 29.1 Å². The van der Waals surface area contributed by atoms with E-state index in [0.29, 0.717) is 22.2 Å². The number of aromatic nitrogens is 3. The number of nitrogens with zero attached hydrogens (tertiary/aromatic N) is 4. The number of aryl methyl sites for hydroxylation is 1. The summed E-state index contributed by atoms with van der Waals surface area (Å²) in [4.78, 5) is 47.5. The van der Waals surface area contributed by atoms with Crippen molar-refractivity contribution >= 4 is 40.9 Å². The predicted octanol–water partition coefficient (Wildman–Crippen LogP) is 4.32. The van der Waals surface area contributed by atoms with E-state index in [1.807, 2.05) is 31.2 Å². The van der Waals surface area contributed by atoms with E-state index >= 15 is 0 Å². The molecule has 0 saturated heterocycles. The Labute approximate surface area is 239 Å². The second kappa shape index (κ2) is 13.3. The van der Waals surface area contributed by atoms with Crippen molar-refractivity contribution in [2.24, 2.45) is 0 Å². The first-order chi connectivity index (χ1) is 19.7. The maximum Gasteiger partial charge on any atom is 0.338 e. The molecule has 0 aliphatic carbocycles. The molecular formula is C28H26N6O6S. The summed E-state index contributed by atoms with van der Waals surface area (Å²) < 4.78 is 6.73. The standard InChI is InChI=1S/C28H26N6O6S/c1-3-40-27(37)20-7-11-21(12-8-20)30-25(35)17-41-28-32-31-24(33(28)23-6-4-5-18(2)15-23)16-29-26(36)19-9-13-22(14-10-19)34(38)39/h4-15H,3,16-17H2,1-2H3,(H,29,36)(H,30,35). The molecule has 13 heteroatoms. The zero-order chi connectivity index (χ0) is 29.4. The molecule has 12 nitrogen and oxygen atoms in total. The van der Waals surface area contributed by atoms with Gasteiger partial charge in [-0.1, -0.05) is 23.9 Å². The van der Waals surface area contributed by atoms with Crippen molar-refractivity contribution in [2.45, 2.75) is 25.5 Å². The zero-order valence-electron chi connectivity index (χ0n) is 22.2. The lowest BCUT2D eigenvalue weighted by molar-refractivity contribution is -0.384. The van der Waals surface area contributed by atoms with Crippen LogP contribution < -0.4 is 10.6 Å². The molecular weight excluding hydrogens is 548 g/mol. The Morgan fingerprint density at radius 2 is 1.71 bits per heavy atom. The summed E-state index contributed by atoms with van der Waals surface area (Å²) in [7, 11) is 0. The molecule has 0 aliphatic heterocycles. The van der Waals surface area contributed by atoms with Crippen LogP contribution >= 0.6 is 11.8 Å². The summed E-state index contributed by atoms with van der Waals surface area (Å²) in [5.41, 5.74) is 2.82. The Kier molecular flexibility index (Phi) is 9.43. The molecule has 1 aromatic heterocycles. The monoisotopic (exact) mass is 574 g/mol. The van der Waals surface area contributed by atoms with Crippen molar-refractivity contribution in [1.29, 1.82) is 0 Å². The maximum atomic E-state index is 12.7. The van der Waals surface area contributed by atoms with Crippen LogP contribution in [0.5, 0.6) is 0 Å². The van der Waals surface area contributed by atoms with Crippen molar-refractivity contribution < 1.29 is 24.0 Å². The summed E-state index contributed by atoms with van der Waals surface area (Å²) in [5.74, 6) is -0.690. The van der Waals surface area contributed by atoms with Gasteiger partial charge in [-0.05, 0) is 67.9 Å². The fourth-order valence-electron chi connectivity index (χ4n) is 3.76. The first-order valence-electron chi connectivity index (χ1n) is 12.5. The molecule has 0 atom stereocenters. The Balaban J connectivity index is 1.45. The van der Waals surface area contributed by atoms with Crippen LogP contribution in [0.25, 0.3) is 5.69 Å². The number of benzene rings is 3. The highest BCUT2D eigenvalue weighted by Crippen LogP contribution is 2.23. The number of ether oxygens (including phenoxy) is 1. The van der Waals surface area contributed by atoms with Crippen LogP contribution in [0.1, 0.15) is 39.0 Å². The van der Waals surface area contributed by atoms with Crippen molar-refractivity contribution in [3.8, 4) is 5.69 Å². The number of carbonyl (C=O) groups excluding carboxylic acids is 3. The number of hydrogen-bond donors (Lipinski definition) is 2. The molecule has 41 heavy (non-hydrogen) atoms. The normalized spacial score (nSPS) is 10.6. The fraction of sp³-hybridized carbons (Fsp3) is 0.179. The number of non-ortho nitro benzene ring substituents is 1. The molecule has 0 bridgehead atoms. The molecule has 0 fully saturated rings. The average molecular weight is 575 g/mol. The first-order valence-corrected chi connectivity index (χ1v) is 13.5. The number of rotatable bonds is 11. The number of nitro groups is 1. The Bertz CT molecular complexity index is 1570. The largest absolute Gasteiger partial charge is 0.462 e. The molecule has 2 N–H and O–H groups in total. The molecule has 0 aliphatic rings. The van der Waals surface area contributed by atoms with Gasteiger partial charge in [0.25, 0.3) is 11.6 Å². The minimum atomic E-state index is -0.534. The average Bonchev–Trinajstić information content (AvgIpc) is 3.38. The number of thioether (sulfide) groups is 1. The molecule has 4 aromatic rings. The van der Waals surface area contributed by atoms with Gasteiger partial charge < -0.3 is 15.4 Å². The van der Waals surface area contributed by atoms with Gasteiger partial charge in [0.05, 0.1) is 29.4 Å². The molecule has 3 aromatic carbocycles. The second-order valence-corrected chi connectivity index (χ2v) is 9.64. The number of amides is 2. The summed E-state index contributed by atoms with van der Waals surface area (Å²) in [6.45, 7) is 3.97. The maximum absolute atomic E-state index is 12.7. The van der Waals surface area contributed by atoms with Gasteiger partial charge in [-0.2, -0.15) is 0 Å². The molecule has 2 amide bonds. The minimum Gasteiger partial charge on any atom is -0.462 e. The smallest absolute Gasteiger partial charge is 0.338 e. The van der Waals surface area contributed by atoms with Crippen LogP contribution in [-0.4, -0.2) is 49.8 Å². The number of anilines is 1. The Hall–Kier alpha value is -5.04. The van der Waals surface area contributed by atoms with E-state index < -0.39 is 16.8 Å². The predicted molar refractivity (Wildman–Crippen MR) is 152 cm³/mol. The van der Waals surface area contributed by atoms with E-state index in [2.05, 4.69) is 20.8 Å². The van der Waals surface area contributed by atoms with E-state index in [9.17, 15) is 24.5 Å². The van der Waals surface area contributed by atoms with Gasteiger partial charge in [-0.15, -0.1) is 10.2 Å². The minimum absolute atomic E-state index is 0.0241. The third-order valence-electron chi connectivity index (χ3n) is 5.72. The zero-order valence-corrected chi connectivity index (χ0v) is 23.0. The summed E-state index contributed by atoms with van der Waals surface area (Å²) in [6, 6.07) is 19.3. The van der Waals surface area contributed by atoms with E-state index in [0.717, 1.165) is 11.3 Å². The molecule has 0 unspecified atom stereocenters. The van der Waals surface area contributed by atoms with Crippen LogP contribution in [0.3, 0.4) is 0 Å². The number of carbonyl (C=O) groups is 3. The topological polar surface area (TPSA) is 158 Å². The van der Waals surface area contributed by atoms with Gasteiger partial charge in [0.15, 0.2) is 11.0 Å². The van der Waals surface area contributed by atoms with E-state index in [1.54, 1.807) is 35.8 Å². The summed E-state index contributed by atoms with van der Waals surface area (Å²) in [5, 5.41) is 25.4. The molecule has 0 spiro atoms. The van der Waals surface area contributed by atoms with E-state index in [1.165, 1.54) is 36.0 Å². The number of esters is 1. The fourth-order valence-corrected chi connectivity index (χ4v) is 4.53. The molecule has 4 rings (SSSR count). The highest BCUT2D eigenvalue weighted by molar-refractivity contribution is 7.99. The van der Waals surface area contributed by atoms with Gasteiger partial charge in [0.1, 0.15) is 0 Å². The number of nitro benzene ring substituents is 1. The number of nitrogens with one attached hydrogen (secondary N) is 2. The molecule has 210 valence electrons. The molecule has 0 radical (unpaired) electrons. The third kappa shape index (κ3) is 7.54. The quantitative estimate of drug-likeness (QED) is 0.115. The van der Waals surface area contributed by atoms with Crippen LogP contribution in [0.2, 0.25) is 0 Å². The summed E-state index contributed by atoms with van der Waals surface area (Å²) in [6.07, 6.45) is 0. The summed E-state index contributed by atoms with van der Waals surface area (Å²) >= 11 is 1.17. The highest BCUT2D eigenvalue weighted by atomic mass is 32.2. The van der Waals surface area contributed by atoms with Crippen molar-refractivity contribution in [3.05, 3.63) is 105 Å². The Morgan fingerprint density at radius 3 is 2.37 bits per heavy atom. The van der Waals surface area contributed by atoms with Gasteiger partial charge >= 0.3 is 5.97 Å². The first kappa shape index (κ1) is 29.0. The van der Waals surface area contributed by atoms with Crippen LogP contribution in [0.4, 0.5) is 11.4 Å². The lowest BCUT2D eigenvalue weighted by atomic mass is 10.2. The van der Waals surface area contributed by atoms with Gasteiger partial charge in [0.2, 0.25) is 5.91 Å². The molecule has 1 heterocycles. The second-order valence-electron chi connectivity index (χ2n) is 8.69. The lowest BCUT2D eigenvalue weighted by Crippen LogP contribution is -2.24. The van der Waals surface area contributed by atoms with E-state index in [4.69, 9.17) is 4.74 Å². The SMILES string of the molecule is CCOC(=O)c1ccc(NC(=O)CSc2nnc(CNC(=O)c3ccc([N+](=O)[O-])cc3)n2-c2cccc(C)c2)cc1.